The molecule has 2 aromatic carbocycles. The van der Waals surface area contributed by atoms with Crippen LogP contribution in [0.2, 0.25) is 0 Å². The Morgan fingerprint density at radius 2 is 1.81 bits per heavy atom. The summed E-state index contributed by atoms with van der Waals surface area (Å²) < 4.78 is 17.4. The second-order valence-corrected chi connectivity index (χ2v) is 11.5. The van der Waals surface area contributed by atoms with Crippen LogP contribution >= 0.6 is 11.8 Å². The lowest BCUT2D eigenvalue weighted by Gasteiger charge is -2.51. The highest BCUT2D eigenvalue weighted by atomic mass is 32.2. The molecule has 1 unspecified atom stereocenters. The zero-order chi connectivity index (χ0) is 25.8. The maximum absolute atomic E-state index is 13.3. The molecule has 5 atom stereocenters. The van der Waals surface area contributed by atoms with Crippen molar-refractivity contribution in [2.24, 2.45) is 5.92 Å². The summed E-state index contributed by atoms with van der Waals surface area (Å²) in [6.07, 6.45) is -1.28. The first-order valence-corrected chi connectivity index (χ1v) is 13.2. The van der Waals surface area contributed by atoms with Crippen molar-refractivity contribution in [3.63, 3.8) is 0 Å². The van der Waals surface area contributed by atoms with Crippen LogP contribution in [0, 0.1) is 5.92 Å². The van der Waals surface area contributed by atoms with Crippen molar-refractivity contribution in [1.82, 2.24) is 10.6 Å². The standard InChI is InChI=1S/C26H32N2O7S/c1-23(2)34-15-24(3,35-23)20(29)26-22(31)27-25(32,21(30)28-26)19(10-11-33-26)14-36-13-16-8-9-17-6-4-5-7-18(17)12-16/h4-9,12,19-20,29,32H,10-11,13-15H2,1-3H3,(H,27,31)(H,28,30)/t19?,20-,24-,25+,26-/m0/s1. The molecule has 2 amide bonds. The Morgan fingerprint density at radius 1 is 1.06 bits per heavy atom. The number of nitrogens with one attached hydrogen (secondary N) is 2. The first-order valence-electron chi connectivity index (χ1n) is 12.1. The van der Waals surface area contributed by atoms with E-state index in [1.807, 2.05) is 12.1 Å². The van der Waals surface area contributed by atoms with Crippen molar-refractivity contribution >= 4 is 34.3 Å². The van der Waals surface area contributed by atoms with E-state index in [0.29, 0.717) is 17.9 Å². The average Bonchev–Trinajstić information content (AvgIpc) is 3.13. The van der Waals surface area contributed by atoms with Crippen LogP contribution in [0.5, 0.6) is 0 Å². The number of hydrogen-bond donors (Lipinski definition) is 4. The topological polar surface area (TPSA) is 126 Å². The van der Waals surface area contributed by atoms with E-state index >= 15 is 0 Å². The summed E-state index contributed by atoms with van der Waals surface area (Å²) in [7, 11) is 0. The van der Waals surface area contributed by atoms with Crippen LogP contribution in [-0.4, -0.2) is 69.9 Å². The minimum Gasteiger partial charge on any atom is -0.384 e. The van der Waals surface area contributed by atoms with Crippen molar-refractivity contribution in [1.29, 1.82) is 0 Å². The largest absolute Gasteiger partial charge is 0.384 e. The van der Waals surface area contributed by atoms with Crippen molar-refractivity contribution < 1.29 is 34.0 Å². The Hall–Kier alpha value is -2.21. The zero-order valence-corrected chi connectivity index (χ0v) is 21.4. The summed E-state index contributed by atoms with van der Waals surface area (Å²) in [4.78, 5) is 26.5. The maximum Gasteiger partial charge on any atom is 0.278 e. The van der Waals surface area contributed by atoms with Gasteiger partial charge in [-0.15, -0.1) is 0 Å². The van der Waals surface area contributed by atoms with Gasteiger partial charge in [0, 0.05) is 17.4 Å². The monoisotopic (exact) mass is 516 g/mol. The number of hydrogen-bond acceptors (Lipinski definition) is 8. The van der Waals surface area contributed by atoms with E-state index in [-0.39, 0.29) is 13.2 Å². The highest BCUT2D eigenvalue weighted by Crippen LogP contribution is 2.40. The predicted molar refractivity (Wildman–Crippen MR) is 134 cm³/mol. The third-order valence-electron chi connectivity index (χ3n) is 7.22. The van der Waals surface area contributed by atoms with E-state index in [2.05, 4.69) is 41.0 Å². The van der Waals surface area contributed by atoms with Gasteiger partial charge in [-0.25, -0.2) is 0 Å². The molecule has 194 valence electrons. The molecule has 9 nitrogen and oxygen atoms in total. The van der Waals surface area contributed by atoms with Gasteiger partial charge >= 0.3 is 0 Å². The molecule has 36 heavy (non-hydrogen) atoms. The van der Waals surface area contributed by atoms with Crippen molar-refractivity contribution in [3.05, 3.63) is 48.0 Å². The number of thioether (sulfide) groups is 1. The number of carbonyl (C=O) groups excluding carboxylic acids is 2. The Bertz CT molecular complexity index is 1190. The molecule has 0 spiro atoms. The van der Waals surface area contributed by atoms with Crippen LogP contribution in [0.3, 0.4) is 0 Å². The van der Waals surface area contributed by atoms with E-state index in [1.165, 1.54) is 0 Å². The van der Waals surface area contributed by atoms with E-state index in [9.17, 15) is 19.8 Å². The van der Waals surface area contributed by atoms with Gasteiger partial charge in [0.15, 0.2) is 5.79 Å². The third kappa shape index (κ3) is 4.29. The molecule has 0 aromatic heterocycles. The van der Waals surface area contributed by atoms with Gasteiger partial charge in [0.05, 0.1) is 13.2 Å². The van der Waals surface area contributed by atoms with Gasteiger partial charge in [-0.2, -0.15) is 11.8 Å². The normalized spacial score (nSPS) is 34.6. The quantitative estimate of drug-likeness (QED) is 0.457. The molecule has 6 rings (SSSR count). The number of carbonyl (C=O) groups is 2. The number of ether oxygens (including phenoxy) is 3. The molecule has 2 bridgehead atoms. The summed E-state index contributed by atoms with van der Waals surface area (Å²) in [5.74, 6) is -2.12. The molecule has 4 aliphatic heterocycles. The predicted octanol–water partition coefficient (Wildman–Crippen LogP) is 1.64. The number of amides is 2. The van der Waals surface area contributed by atoms with E-state index in [4.69, 9.17) is 14.2 Å². The Balaban J connectivity index is 1.29. The van der Waals surface area contributed by atoms with E-state index < -0.39 is 46.7 Å². The Morgan fingerprint density at radius 3 is 2.53 bits per heavy atom. The fourth-order valence-corrected chi connectivity index (χ4v) is 6.45. The van der Waals surface area contributed by atoms with Crippen LogP contribution in [0.25, 0.3) is 10.8 Å². The summed E-state index contributed by atoms with van der Waals surface area (Å²) in [6.45, 7) is 5.03. The minimum atomic E-state index is -2.12. The molecule has 0 radical (unpaired) electrons. The molecule has 10 heteroatoms. The van der Waals surface area contributed by atoms with Gasteiger partial charge in [-0.3, -0.25) is 9.59 Å². The first kappa shape index (κ1) is 25.4. The van der Waals surface area contributed by atoms with Gasteiger partial charge in [0.1, 0.15) is 11.7 Å². The summed E-state index contributed by atoms with van der Waals surface area (Å²) in [6, 6.07) is 14.4. The van der Waals surface area contributed by atoms with Crippen LogP contribution in [-0.2, 0) is 29.6 Å². The van der Waals surface area contributed by atoms with Gasteiger partial charge in [-0.05, 0) is 43.5 Å². The zero-order valence-electron chi connectivity index (χ0n) is 20.6. The van der Waals surface area contributed by atoms with Crippen molar-refractivity contribution in [2.45, 2.75) is 61.9 Å². The second kappa shape index (κ2) is 8.97. The van der Waals surface area contributed by atoms with E-state index in [0.717, 1.165) is 16.3 Å². The number of benzene rings is 2. The minimum absolute atomic E-state index is 0.00622. The van der Waals surface area contributed by atoms with Crippen LogP contribution < -0.4 is 10.6 Å². The molecule has 4 heterocycles. The highest BCUT2D eigenvalue weighted by Gasteiger charge is 2.66. The van der Waals surface area contributed by atoms with E-state index in [1.54, 1.807) is 32.5 Å². The SMILES string of the molecule is CC1(C)OC[C@@](C)([C@H](O)[C@@]23NC(=O)[C@@](O)(NC2=O)C(CSCc2ccc4ccccc4c2)CCO3)O1. The Kier molecular flexibility index (Phi) is 6.34. The molecule has 4 N–H and O–H groups in total. The summed E-state index contributed by atoms with van der Waals surface area (Å²) in [5, 5.41) is 29.8. The molecule has 4 fully saturated rings. The highest BCUT2D eigenvalue weighted by molar-refractivity contribution is 7.98. The smallest absolute Gasteiger partial charge is 0.278 e. The third-order valence-corrected chi connectivity index (χ3v) is 8.40. The van der Waals surface area contributed by atoms with Crippen molar-refractivity contribution in [3.8, 4) is 0 Å². The fraction of sp³-hybridized carbons (Fsp3) is 0.538. The molecular formula is C26H32N2O7S. The lowest BCUT2D eigenvalue weighted by Crippen LogP contribution is -2.83. The van der Waals surface area contributed by atoms with Crippen LogP contribution in [0.1, 0.15) is 32.8 Å². The van der Waals surface area contributed by atoms with Crippen LogP contribution in [0.15, 0.2) is 42.5 Å². The fourth-order valence-electron chi connectivity index (χ4n) is 5.23. The number of piperazine rings is 1. The number of aliphatic hydroxyl groups is 2. The molecular weight excluding hydrogens is 484 g/mol. The second-order valence-electron chi connectivity index (χ2n) is 10.4. The molecule has 2 aromatic rings. The lowest BCUT2D eigenvalue weighted by molar-refractivity contribution is -0.247. The van der Waals surface area contributed by atoms with Gasteiger partial charge in [0.25, 0.3) is 17.5 Å². The lowest BCUT2D eigenvalue weighted by atomic mass is 9.83. The molecule has 4 aliphatic rings. The Labute approximate surface area is 213 Å². The maximum atomic E-state index is 13.3. The average molecular weight is 517 g/mol. The number of fused-ring (bicyclic) bond motifs is 6. The van der Waals surface area contributed by atoms with Gasteiger partial charge in [0.2, 0.25) is 5.72 Å². The molecule has 0 aliphatic carbocycles. The summed E-state index contributed by atoms with van der Waals surface area (Å²) >= 11 is 1.57. The molecule has 0 saturated carbocycles. The first-order chi connectivity index (χ1) is 17.0. The van der Waals surface area contributed by atoms with Crippen molar-refractivity contribution in [2.75, 3.05) is 19.0 Å². The van der Waals surface area contributed by atoms with Crippen LogP contribution in [0.4, 0.5) is 0 Å². The molecule has 4 saturated heterocycles. The van der Waals surface area contributed by atoms with Gasteiger partial charge in [-0.1, -0.05) is 42.5 Å². The summed E-state index contributed by atoms with van der Waals surface area (Å²) in [5.41, 5.74) is -4.42. The van der Waals surface area contributed by atoms with Gasteiger partial charge < -0.3 is 35.1 Å². The number of aliphatic hydroxyl groups excluding tert-OH is 1. The number of rotatable bonds is 6.